The second kappa shape index (κ2) is 8.60. The highest BCUT2D eigenvalue weighted by atomic mass is 16.5. The van der Waals surface area contributed by atoms with Gasteiger partial charge in [0.15, 0.2) is 0 Å². The summed E-state index contributed by atoms with van der Waals surface area (Å²) < 4.78 is 5.86. The molecule has 0 bridgehead atoms. The summed E-state index contributed by atoms with van der Waals surface area (Å²) in [4.78, 5) is 23.9. The molecule has 1 aromatic heterocycles. The van der Waals surface area contributed by atoms with Crippen molar-refractivity contribution in [3.05, 3.63) is 23.9 Å². The lowest BCUT2D eigenvalue weighted by Crippen LogP contribution is -2.51. The molecule has 25 heavy (non-hydrogen) atoms. The largest absolute Gasteiger partial charge is 0.373 e. The first kappa shape index (κ1) is 18.1. The first-order valence-electron chi connectivity index (χ1n) is 9.18. The summed E-state index contributed by atoms with van der Waals surface area (Å²) in [7, 11) is 1.85. The fourth-order valence-electron chi connectivity index (χ4n) is 3.38. The molecule has 3 rings (SSSR count). The summed E-state index contributed by atoms with van der Waals surface area (Å²) in [6, 6.07) is 5.85. The van der Waals surface area contributed by atoms with E-state index in [4.69, 9.17) is 4.74 Å². The van der Waals surface area contributed by atoms with Crippen LogP contribution in [-0.4, -0.2) is 91.6 Å². The van der Waals surface area contributed by atoms with E-state index in [1.807, 2.05) is 30.1 Å². The maximum atomic E-state index is 12.7. The van der Waals surface area contributed by atoms with E-state index in [-0.39, 0.29) is 12.0 Å². The van der Waals surface area contributed by atoms with Gasteiger partial charge in [-0.2, -0.15) is 0 Å². The fraction of sp³-hybridized carbons (Fsp3) is 0.667. The van der Waals surface area contributed by atoms with Crippen molar-refractivity contribution in [3.63, 3.8) is 0 Å². The molecule has 0 unspecified atom stereocenters. The van der Waals surface area contributed by atoms with Gasteiger partial charge in [0.1, 0.15) is 11.9 Å². The molecule has 0 aromatic carbocycles. The molecule has 2 aliphatic heterocycles. The highest BCUT2D eigenvalue weighted by molar-refractivity contribution is 5.78. The number of hydrogen-bond acceptors (Lipinski definition) is 6. The molecular formula is C18H29N5O2. The summed E-state index contributed by atoms with van der Waals surface area (Å²) in [5, 5.41) is 3.05. The number of pyridine rings is 1. The van der Waals surface area contributed by atoms with Gasteiger partial charge in [-0.05, 0) is 18.7 Å². The van der Waals surface area contributed by atoms with E-state index in [1.165, 1.54) is 0 Å². The zero-order valence-corrected chi connectivity index (χ0v) is 15.3. The minimum atomic E-state index is -0.150. The zero-order chi connectivity index (χ0) is 17.6. The molecule has 0 spiro atoms. The number of piperazine rings is 1. The van der Waals surface area contributed by atoms with Gasteiger partial charge >= 0.3 is 0 Å². The molecule has 3 heterocycles. The van der Waals surface area contributed by atoms with Crippen molar-refractivity contribution < 1.29 is 9.53 Å². The van der Waals surface area contributed by atoms with Gasteiger partial charge in [0.2, 0.25) is 5.91 Å². The highest BCUT2D eigenvalue weighted by Gasteiger charge is 2.28. The van der Waals surface area contributed by atoms with E-state index in [2.05, 4.69) is 27.0 Å². The zero-order valence-electron chi connectivity index (χ0n) is 15.3. The Balaban J connectivity index is 1.54. The molecule has 138 valence electrons. The standard InChI is InChI=1S/C18H29N5O2/c1-3-21-7-9-22(10-8-21)14-18(24)23-11-12-25-16(13-23)15-5-4-6-17(19-2)20-15/h4-6,16H,3,7-14H2,1-2H3,(H,19,20)/t16-/m0/s1. The second-order valence-corrected chi connectivity index (χ2v) is 6.61. The van der Waals surface area contributed by atoms with Crippen LogP contribution in [-0.2, 0) is 9.53 Å². The van der Waals surface area contributed by atoms with Crippen molar-refractivity contribution in [2.45, 2.75) is 13.0 Å². The lowest BCUT2D eigenvalue weighted by molar-refractivity contribution is -0.140. The quantitative estimate of drug-likeness (QED) is 0.844. The number of nitrogens with one attached hydrogen (secondary N) is 1. The van der Waals surface area contributed by atoms with Crippen LogP contribution in [0.25, 0.3) is 0 Å². The normalized spacial score (nSPS) is 22.8. The van der Waals surface area contributed by atoms with Crippen molar-refractivity contribution in [2.75, 3.05) is 71.3 Å². The van der Waals surface area contributed by atoms with Crippen LogP contribution in [0.1, 0.15) is 18.7 Å². The van der Waals surface area contributed by atoms with E-state index in [1.54, 1.807) is 0 Å². The Morgan fingerprint density at radius 1 is 1.24 bits per heavy atom. The number of morpholine rings is 1. The number of carbonyl (C=O) groups is 1. The van der Waals surface area contributed by atoms with Crippen LogP contribution in [0.15, 0.2) is 18.2 Å². The summed E-state index contributed by atoms with van der Waals surface area (Å²) in [5.74, 6) is 1.02. The molecular weight excluding hydrogens is 318 g/mol. The minimum Gasteiger partial charge on any atom is -0.373 e. The summed E-state index contributed by atoms with van der Waals surface area (Å²) >= 11 is 0. The van der Waals surface area contributed by atoms with Crippen molar-refractivity contribution in [1.82, 2.24) is 19.7 Å². The Hall–Kier alpha value is -1.70. The van der Waals surface area contributed by atoms with Crippen molar-refractivity contribution in [3.8, 4) is 0 Å². The minimum absolute atomic E-state index is 0.150. The monoisotopic (exact) mass is 347 g/mol. The average Bonchev–Trinajstić information content (AvgIpc) is 2.68. The van der Waals surface area contributed by atoms with Crippen LogP contribution in [0.2, 0.25) is 0 Å². The highest BCUT2D eigenvalue weighted by Crippen LogP contribution is 2.22. The number of hydrogen-bond donors (Lipinski definition) is 1. The molecule has 7 nitrogen and oxygen atoms in total. The van der Waals surface area contributed by atoms with E-state index >= 15 is 0 Å². The van der Waals surface area contributed by atoms with Gasteiger partial charge in [-0.3, -0.25) is 9.69 Å². The Morgan fingerprint density at radius 3 is 2.72 bits per heavy atom. The predicted molar refractivity (Wildman–Crippen MR) is 97.6 cm³/mol. The SMILES string of the molecule is CCN1CCN(CC(=O)N2CCO[C@H](c3cccc(NC)n3)C2)CC1. The number of anilines is 1. The summed E-state index contributed by atoms with van der Waals surface area (Å²) in [6.45, 7) is 9.63. The van der Waals surface area contributed by atoms with E-state index in [9.17, 15) is 4.79 Å². The third-order valence-electron chi connectivity index (χ3n) is 5.05. The Kier molecular flexibility index (Phi) is 6.23. The molecule has 2 aliphatic rings. The summed E-state index contributed by atoms with van der Waals surface area (Å²) in [5.41, 5.74) is 0.876. The van der Waals surface area contributed by atoms with Gasteiger partial charge < -0.3 is 19.9 Å². The molecule has 1 N–H and O–H groups in total. The first-order valence-corrected chi connectivity index (χ1v) is 9.18. The van der Waals surface area contributed by atoms with Gasteiger partial charge in [-0.15, -0.1) is 0 Å². The number of aromatic nitrogens is 1. The van der Waals surface area contributed by atoms with Gasteiger partial charge in [0.05, 0.1) is 25.4 Å². The van der Waals surface area contributed by atoms with E-state index in [0.717, 1.165) is 44.2 Å². The predicted octanol–water partition coefficient (Wildman–Crippen LogP) is 0.661. The smallest absolute Gasteiger partial charge is 0.236 e. The molecule has 0 radical (unpaired) electrons. The van der Waals surface area contributed by atoms with Crippen molar-refractivity contribution in [2.24, 2.45) is 0 Å². The molecule has 1 amide bonds. The molecule has 1 aromatic rings. The molecule has 2 fully saturated rings. The first-order chi connectivity index (χ1) is 12.2. The molecule has 0 aliphatic carbocycles. The Labute approximate surface area is 149 Å². The number of ether oxygens (including phenoxy) is 1. The maximum absolute atomic E-state index is 12.7. The van der Waals surface area contributed by atoms with E-state index in [0.29, 0.717) is 26.2 Å². The summed E-state index contributed by atoms with van der Waals surface area (Å²) in [6.07, 6.45) is -0.150. The molecule has 7 heteroatoms. The van der Waals surface area contributed by atoms with Crippen molar-refractivity contribution in [1.29, 1.82) is 0 Å². The van der Waals surface area contributed by atoms with Crippen LogP contribution in [0.5, 0.6) is 0 Å². The van der Waals surface area contributed by atoms with Gasteiger partial charge in [-0.1, -0.05) is 13.0 Å². The Morgan fingerprint density at radius 2 is 2.00 bits per heavy atom. The molecule has 1 atom stereocenters. The number of likely N-dealkylation sites (N-methyl/N-ethyl adjacent to an activating group) is 1. The van der Waals surface area contributed by atoms with Crippen LogP contribution in [0, 0.1) is 0 Å². The third kappa shape index (κ3) is 4.68. The number of rotatable bonds is 5. The average molecular weight is 347 g/mol. The lowest BCUT2D eigenvalue weighted by Gasteiger charge is -2.37. The van der Waals surface area contributed by atoms with Gasteiger partial charge in [0.25, 0.3) is 0 Å². The number of carbonyl (C=O) groups excluding carboxylic acids is 1. The third-order valence-corrected chi connectivity index (χ3v) is 5.05. The maximum Gasteiger partial charge on any atom is 0.236 e. The number of nitrogens with zero attached hydrogens (tertiary/aromatic N) is 4. The van der Waals surface area contributed by atoms with Crippen LogP contribution >= 0.6 is 0 Å². The van der Waals surface area contributed by atoms with Gasteiger partial charge in [-0.25, -0.2) is 4.98 Å². The Bertz CT molecular complexity index is 574. The van der Waals surface area contributed by atoms with E-state index < -0.39 is 0 Å². The fourth-order valence-corrected chi connectivity index (χ4v) is 3.38. The topological polar surface area (TPSA) is 60.9 Å². The van der Waals surface area contributed by atoms with Crippen LogP contribution in [0.4, 0.5) is 5.82 Å². The van der Waals surface area contributed by atoms with Gasteiger partial charge in [0, 0.05) is 39.8 Å². The number of amides is 1. The molecule has 2 saturated heterocycles. The second-order valence-electron chi connectivity index (χ2n) is 6.61. The lowest BCUT2D eigenvalue weighted by atomic mass is 10.2. The van der Waals surface area contributed by atoms with Crippen LogP contribution in [0.3, 0.4) is 0 Å². The molecule has 0 saturated carbocycles. The van der Waals surface area contributed by atoms with Crippen LogP contribution < -0.4 is 5.32 Å². The van der Waals surface area contributed by atoms with Crippen molar-refractivity contribution >= 4 is 11.7 Å².